The summed E-state index contributed by atoms with van der Waals surface area (Å²) >= 11 is 2.30. The van der Waals surface area contributed by atoms with Crippen LogP contribution in [0.15, 0.2) is 9.66 Å². The first-order valence-corrected chi connectivity index (χ1v) is 9.34. The molecule has 0 N–H and O–H groups in total. The average molecular weight is 321 g/mol. The topological polar surface area (TPSA) is 33.0 Å². The van der Waals surface area contributed by atoms with Crippen LogP contribution in [0, 0.1) is 11.3 Å². The lowest BCUT2D eigenvalue weighted by atomic mass is 9.93. The van der Waals surface area contributed by atoms with Gasteiger partial charge >= 0.3 is 0 Å². The van der Waals surface area contributed by atoms with Crippen LogP contribution in [0.5, 0.6) is 0 Å². The van der Waals surface area contributed by atoms with Gasteiger partial charge < -0.3 is 4.43 Å². The molecule has 0 saturated heterocycles. The van der Waals surface area contributed by atoms with Crippen LogP contribution in [-0.2, 0) is 4.43 Å². The van der Waals surface area contributed by atoms with Crippen LogP contribution in [0.1, 0.15) is 19.3 Å². The summed E-state index contributed by atoms with van der Waals surface area (Å²) in [5.41, 5.74) is -0.626. The largest absolute Gasteiger partial charge is 0.397 e. The highest BCUT2D eigenvalue weighted by Crippen LogP contribution is 2.34. The number of nitriles is 1. The molecule has 0 aliphatic heterocycles. The predicted octanol–water partition coefficient (Wildman–Crippen LogP) is 3.60. The zero-order valence-corrected chi connectivity index (χ0v) is 12.1. The molecule has 1 aliphatic carbocycles. The fourth-order valence-electron chi connectivity index (χ4n) is 1.66. The van der Waals surface area contributed by atoms with Gasteiger partial charge in [0.1, 0.15) is 6.07 Å². The Morgan fingerprint density at radius 1 is 1.57 bits per heavy atom. The first-order valence-electron chi connectivity index (χ1n) is 4.86. The van der Waals surface area contributed by atoms with Crippen LogP contribution in [0.3, 0.4) is 0 Å². The molecule has 0 saturated carbocycles. The summed E-state index contributed by atoms with van der Waals surface area (Å²) in [4.78, 5) is 0. The maximum atomic E-state index is 9.22. The smallest absolute Gasteiger partial charge is 0.186 e. The fraction of sp³-hybridized carbons (Fsp3) is 0.700. The van der Waals surface area contributed by atoms with Crippen molar-refractivity contribution in [3.05, 3.63) is 9.66 Å². The summed E-state index contributed by atoms with van der Waals surface area (Å²) in [6, 6.07) is 2.34. The second-order valence-electron chi connectivity index (χ2n) is 4.66. The molecular weight excluding hydrogens is 305 g/mol. The third kappa shape index (κ3) is 3.37. The Labute approximate surface area is 101 Å². The molecule has 0 spiro atoms. The van der Waals surface area contributed by atoms with Gasteiger partial charge in [0.2, 0.25) is 0 Å². The molecule has 0 radical (unpaired) electrons. The third-order valence-corrected chi connectivity index (χ3v) is 3.86. The van der Waals surface area contributed by atoms with E-state index in [4.69, 9.17) is 4.43 Å². The van der Waals surface area contributed by atoms with Crippen LogP contribution in [0.25, 0.3) is 0 Å². The van der Waals surface area contributed by atoms with E-state index in [0.29, 0.717) is 0 Å². The van der Waals surface area contributed by atoms with Gasteiger partial charge in [-0.2, -0.15) is 5.26 Å². The summed E-state index contributed by atoms with van der Waals surface area (Å²) in [6.07, 6.45) is 5.02. The molecule has 0 heterocycles. The molecule has 0 bridgehead atoms. The summed E-state index contributed by atoms with van der Waals surface area (Å²) in [7, 11) is -1.64. The van der Waals surface area contributed by atoms with Crippen molar-refractivity contribution in [3.8, 4) is 6.07 Å². The van der Waals surface area contributed by atoms with Gasteiger partial charge in [0.05, 0.1) is 0 Å². The Morgan fingerprint density at radius 2 is 2.21 bits per heavy atom. The lowest BCUT2D eigenvalue weighted by Crippen LogP contribution is -2.41. The molecule has 14 heavy (non-hydrogen) atoms. The summed E-state index contributed by atoms with van der Waals surface area (Å²) in [5, 5.41) is 9.22. The normalized spacial score (nSPS) is 28.1. The van der Waals surface area contributed by atoms with Gasteiger partial charge in [-0.1, -0.05) is 0 Å². The summed E-state index contributed by atoms with van der Waals surface area (Å²) < 4.78 is 7.24. The maximum Gasteiger partial charge on any atom is 0.186 e. The molecule has 0 amide bonds. The lowest BCUT2D eigenvalue weighted by molar-refractivity contribution is 0.152. The highest BCUT2D eigenvalue weighted by molar-refractivity contribution is 14.1. The minimum atomic E-state index is -1.64. The average Bonchev–Trinajstić information content (AvgIpc) is 2.01. The SMILES string of the molecule is C[Si](C)(C)OC1(C#N)C=C(I)CCC1. The van der Waals surface area contributed by atoms with Gasteiger partial charge in [0.25, 0.3) is 0 Å². The van der Waals surface area contributed by atoms with Crippen molar-refractivity contribution in [3.63, 3.8) is 0 Å². The van der Waals surface area contributed by atoms with Crippen molar-refractivity contribution in [2.75, 3.05) is 0 Å². The molecule has 4 heteroatoms. The monoisotopic (exact) mass is 321 g/mol. The third-order valence-electron chi connectivity index (χ3n) is 2.03. The quantitative estimate of drug-likeness (QED) is 0.575. The predicted molar refractivity (Wildman–Crippen MR) is 68.7 cm³/mol. The van der Waals surface area contributed by atoms with E-state index in [1.54, 1.807) is 0 Å². The van der Waals surface area contributed by atoms with E-state index in [1.807, 2.05) is 6.08 Å². The zero-order valence-electron chi connectivity index (χ0n) is 8.93. The minimum Gasteiger partial charge on any atom is -0.397 e. The van der Waals surface area contributed by atoms with Gasteiger partial charge in [-0.3, -0.25) is 0 Å². The molecule has 0 aromatic carbocycles. The Morgan fingerprint density at radius 3 is 2.64 bits per heavy atom. The number of allylic oxidation sites excluding steroid dienone is 1. The number of rotatable bonds is 2. The number of hydrogen-bond acceptors (Lipinski definition) is 2. The van der Waals surface area contributed by atoms with Gasteiger partial charge in [-0.15, -0.1) is 0 Å². The van der Waals surface area contributed by atoms with Crippen LogP contribution in [0.4, 0.5) is 0 Å². The van der Waals surface area contributed by atoms with E-state index in [0.717, 1.165) is 19.3 Å². The molecule has 0 aromatic rings. The molecule has 78 valence electrons. The van der Waals surface area contributed by atoms with E-state index in [9.17, 15) is 5.26 Å². The van der Waals surface area contributed by atoms with Crippen LogP contribution >= 0.6 is 22.6 Å². The van der Waals surface area contributed by atoms with Crippen LogP contribution in [-0.4, -0.2) is 13.9 Å². The van der Waals surface area contributed by atoms with E-state index in [2.05, 4.69) is 48.3 Å². The van der Waals surface area contributed by atoms with Gasteiger partial charge in [0, 0.05) is 0 Å². The fourth-order valence-corrected chi connectivity index (χ4v) is 3.84. The molecule has 1 unspecified atom stereocenters. The molecular formula is C10H16INOSi. The minimum absolute atomic E-state index is 0.626. The van der Waals surface area contributed by atoms with Crippen molar-refractivity contribution in [2.24, 2.45) is 0 Å². The van der Waals surface area contributed by atoms with Crippen molar-refractivity contribution >= 4 is 30.9 Å². The van der Waals surface area contributed by atoms with E-state index >= 15 is 0 Å². The van der Waals surface area contributed by atoms with E-state index < -0.39 is 13.9 Å². The van der Waals surface area contributed by atoms with Crippen molar-refractivity contribution in [2.45, 2.75) is 44.5 Å². The number of halogens is 1. The Hall–Kier alpha value is 0.137. The highest BCUT2D eigenvalue weighted by Gasteiger charge is 2.36. The second kappa shape index (κ2) is 4.33. The van der Waals surface area contributed by atoms with Crippen molar-refractivity contribution in [1.29, 1.82) is 5.26 Å². The standard InChI is InChI=1S/C10H16INOSi/c1-14(2,3)13-10(8-12)6-4-5-9(11)7-10/h7H,4-6H2,1-3H3. The second-order valence-corrected chi connectivity index (χ2v) is 10.5. The van der Waals surface area contributed by atoms with E-state index in [-0.39, 0.29) is 0 Å². The molecule has 1 atom stereocenters. The van der Waals surface area contributed by atoms with Crippen LogP contribution in [0.2, 0.25) is 19.6 Å². The van der Waals surface area contributed by atoms with Crippen molar-refractivity contribution < 1.29 is 4.43 Å². The number of hydrogen-bond donors (Lipinski definition) is 0. The summed E-state index contributed by atoms with van der Waals surface area (Å²) in [5.74, 6) is 0. The van der Waals surface area contributed by atoms with Gasteiger partial charge in [0.15, 0.2) is 13.9 Å². The van der Waals surface area contributed by atoms with E-state index in [1.165, 1.54) is 3.58 Å². The maximum absolute atomic E-state index is 9.22. The number of nitrogens with zero attached hydrogens (tertiary/aromatic N) is 1. The molecule has 0 fully saturated rings. The highest BCUT2D eigenvalue weighted by atomic mass is 127. The molecule has 0 aromatic heterocycles. The molecule has 2 nitrogen and oxygen atoms in total. The Kier molecular flexibility index (Phi) is 3.78. The zero-order chi connectivity index (χ0) is 10.8. The van der Waals surface area contributed by atoms with Gasteiger partial charge in [-0.05, 0) is 71.2 Å². The summed E-state index contributed by atoms with van der Waals surface area (Å²) in [6.45, 7) is 6.38. The first kappa shape index (κ1) is 12.2. The molecule has 1 aliphatic rings. The Balaban J connectivity index is 2.88. The van der Waals surface area contributed by atoms with Gasteiger partial charge in [-0.25, -0.2) is 0 Å². The van der Waals surface area contributed by atoms with Crippen molar-refractivity contribution in [1.82, 2.24) is 0 Å². The Bertz CT molecular complexity index is 289. The van der Waals surface area contributed by atoms with Crippen LogP contribution < -0.4 is 0 Å². The lowest BCUT2D eigenvalue weighted by Gasteiger charge is -2.33. The first-order chi connectivity index (χ1) is 6.37. The molecule has 1 rings (SSSR count).